The number of hydrogen-bond donors (Lipinski definition) is 2. The van der Waals surface area contributed by atoms with Crippen LogP contribution in [-0.2, 0) is 4.79 Å². The summed E-state index contributed by atoms with van der Waals surface area (Å²) in [5, 5.41) is 2.51. The number of nitrogens with one attached hydrogen (secondary N) is 1. The Labute approximate surface area is 92.6 Å². The number of carbonyl (C=O) groups is 1. The van der Waals surface area contributed by atoms with Gasteiger partial charge in [0.15, 0.2) is 11.5 Å². The molecule has 1 aromatic heterocycles. The third-order valence-corrected chi connectivity index (χ3v) is 2.41. The van der Waals surface area contributed by atoms with Gasteiger partial charge in [-0.15, -0.1) is 0 Å². The Morgan fingerprint density at radius 2 is 2.31 bits per heavy atom. The highest BCUT2D eigenvalue weighted by atomic mass is 16.3. The number of carbonyl (C=O) groups excluding carboxylic acids is 1. The zero-order chi connectivity index (χ0) is 11.7. The highest BCUT2D eigenvalue weighted by Gasteiger charge is 2.15. The quantitative estimate of drug-likeness (QED) is 0.785. The van der Waals surface area contributed by atoms with Gasteiger partial charge in [0.2, 0.25) is 5.91 Å². The van der Waals surface area contributed by atoms with Gasteiger partial charge >= 0.3 is 0 Å². The van der Waals surface area contributed by atoms with E-state index in [1.165, 1.54) is 0 Å². The summed E-state index contributed by atoms with van der Waals surface area (Å²) in [6.45, 7) is 1.78. The van der Waals surface area contributed by atoms with E-state index in [4.69, 9.17) is 10.2 Å². The molecule has 5 heteroatoms. The zero-order valence-electron chi connectivity index (χ0n) is 9.15. The van der Waals surface area contributed by atoms with Gasteiger partial charge in [0.1, 0.15) is 11.6 Å². The summed E-state index contributed by atoms with van der Waals surface area (Å²) >= 11 is 0. The van der Waals surface area contributed by atoms with E-state index in [0.29, 0.717) is 17.0 Å². The smallest absolute Gasteiger partial charge is 0.241 e. The van der Waals surface area contributed by atoms with E-state index in [1.807, 2.05) is 0 Å². The minimum absolute atomic E-state index is 0.226. The minimum atomic E-state index is -0.681. The number of aromatic nitrogens is 1. The predicted octanol–water partition coefficient (Wildman–Crippen LogP) is 0.882. The highest BCUT2D eigenvalue weighted by Crippen LogP contribution is 2.20. The summed E-state index contributed by atoms with van der Waals surface area (Å²) < 4.78 is 5.37. The van der Waals surface area contributed by atoms with Crippen molar-refractivity contribution < 1.29 is 9.21 Å². The molecule has 0 saturated carbocycles. The van der Waals surface area contributed by atoms with Crippen LogP contribution in [0.25, 0.3) is 11.1 Å². The van der Waals surface area contributed by atoms with Gasteiger partial charge in [-0.25, -0.2) is 4.98 Å². The van der Waals surface area contributed by atoms with E-state index in [-0.39, 0.29) is 5.91 Å². The Morgan fingerprint density at radius 1 is 1.56 bits per heavy atom. The van der Waals surface area contributed by atoms with Crippen LogP contribution in [0, 0.1) is 6.92 Å². The van der Waals surface area contributed by atoms with Crippen LogP contribution in [0.2, 0.25) is 0 Å². The number of nitrogens with two attached hydrogens (primary N) is 1. The molecule has 5 nitrogen and oxygen atoms in total. The maximum Gasteiger partial charge on any atom is 0.241 e. The zero-order valence-corrected chi connectivity index (χ0v) is 9.15. The summed E-state index contributed by atoms with van der Waals surface area (Å²) in [4.78, 5) is 15.5. The summed E-state index contributed by atoms with van der Waals surface area (Å²) in [6.07, 6.45) is 0. The van der Waals surface area contributed by atoms with Crippen molar-refractivity contribution in [1.29, 1.82) is 0 Å². The summed E-state index contributed by atoms with van der Waals surface area (Å²) in [7, 11) is 1.55. The molecule has 1 unspecified atom stereocenters. The topological polar surface area (TPSA) is 81.2 Å². The van der Waals surface area contributed by atoms with Crippen LogP contribution in [0.1, 0.15) is 17.5 Å². The second-order valence-electron chi connectivity index (χ2n) is 3.55. The number of aryl methyl sites for hydroxylation is 1. The molecule has 3 N–H and O–H groups in total. The van der Waals surface area contributed by atoms with Crippen molar-refractivity contribution in [3.8, 4) is 0 Å². The van der Waals surface area contributed by atoms with Gasteiger partial charge in [-0.05, 0) is 17.7 Å². The van der Waals surface area contributed by atoms with Gasteiger partial charge < -0.3 is 15.5 Å². The molecular weight excluding hydrogens is 206 g/mol. The van der Waals surface area contributed by atoms with Crippen LogP contribution in [0.4, 0.5) is 0 Å². The van der Waals surface area contributed by atoms with Crippen LogP contribution in [-0.4, -0.2) is 17.9 Å². The number of nitrogens with zero attached hydrogens (tertiary/aromatic N) is 1. The van der Waals surface area contributed by atoms with Gasteiger partial charge in [0, 0.05) is 14.0 Å². The van der Waals surface area contributed by atoms with Crippen molar-refractivity contribution in [2.24, 2.45) is 5.73 Å². The largest absolute Gasteiger partial charge is 0.441 e. The van der Waals surface area contributed by atoms with E-state index >= 15 is 0 Å². The van der Waals surface area contributed by atoms with Gasteiger partial charge in [-0.2, -0.15) is 0 Å². The third-order valence-electron chi connectivity index (χ3n) is 2.41. The maximum absolute atomic E-state index is 11.4. The molecule has 0 fully saturated rings. The lowest BCUT2D eigenvalue weighted by Crippen LogP contribution is -2.31. The molecule has 1 amide bonds. The molecule has 84 valence electrons. The third kappa shape index (κ3) is 1.77. The molecule has 0 radical (unpaired) electrons. The Hall–Kier alpha value is -1.88. The van der Waals surface area contributed by atoms with Crippen molar-refractivity contribution in [1.82, 2.24) is 10.3 Å². The number of amides is 1. The van der Waals surface area contributed by atoms with E-state index in [2.05, 4.69) is 10.3 Å². The fourth-order valence-corrected chi connectivity index (χ4v) is 1.56. The van der Waals surface area contributed by atoms with Crippen LogP contribution < -0.4 is 11.1 Å². The Kier molecular flexibility index (Phi) is 2.62. The Balaban J connectivity index is 2.42. The molecule has 0 aliphatic heterocycles. The Morgan fingerprint density at radius 3 is 3.00 bits per heavy atom. The van der Waals surface area contributed by atoms with E-state index in [9.17, 15) is 4.79 Å². The first-order chi connectivity index (χ1) is 7.61. The normalized spacial score (nSPS) is 12.7. The molecular formula is C11H13N3O2. The van der Waals surface area contributed by atoms with Crippen molar-refractivity contribution in [3.63, 3.8) is 0 Å². The predicted molar refractivity (Wildman–Crippen MR) is 59.7 cm³/mol. The second-order valence-corrected chi connectivity index (χ2v) is 3.55. The molecule has 16 heavy (non-hydrogen) atoms. The fourth-order valence-electron chi connectivity index (χ4n) is 1.56. The van der Waals surface area contributed by atoms with Crippen LogP contribution in [0.15, 0.2) is 22.6 Å². The molecule has 1 atom stereocenters. The van der Waals surface area contributed by atoms with E-state index < -0.39 is 6.04 Å². The summed E-state index contributed by atoms with van der Waals surface area (Å²) in [6, 6.07) is 4.64. The maximum atomic E-state index is 11.4. The number of oxazole rings is 1. The van der Waals surface area contributed by atoms with Crippen molar-refractivity contribution >= 4 is 17.0 Å². The van der Waals surface area contributed by atoms with Crippen LogP contribution >= 0.6 is 0 Å². The molecule has 1 heterocycles. The molecule has 2 rings (SSSR count). The molecule has 0 aliphatic carbocycles. The van der Waals surface area contributed by atoms with Crippen LogP contribution in [0.3, 0.4) is 0 Å². The summed E-state index contributed by atoms with van der Waals surface area (Å²) in [5.41, 5.74) is 7.90. The number of benzene rings is 1. The highest BCUT2D eigenvalue weighted by molar-refractivity contribution is 5.84. The van der Waals surface area contributed by atoms with Crippen molar-refractivity contribution in [2.45, 2.75) is 13.0 Å². The average molecular weight is 219 g/mol. The lowest BCUT2D eigenvalue weighted by atomic mass is 10.1. The Bertz CT molecular complexity index is 533. The van der Waals surface area contributed by atoms with Gasteiger partial charge in [0.05, 0.1) is 0 Å². The number of fused-ring (bicyclic) bond motifs is 1. The first kappa shape index (κ1) is 10.6. The van der Waals surface area contributed by atoms with Crippen molar-refractivity contribution in [3.05, 3.63) is 29.7 Å². The lowest BCUT2D eigenvalue weighted by molar-refractivity contribution is -0.121. The standard InChI is InChI=1S/C11H13N3O2/c1-6-14-8-4-3-7(5-9(8)16-6)10(12)11(15)13-2/h3-5,10H,12H2,1-2H3,(H,13,15). The molecule has 0 spiro atoms. The van der Waals surface area contributed by atoms with E-state index in [1.54, 1.807) is 32.2 Å². The summed E-state index contributed by atoms with van der Waals surface area (Å²) in [5.74, 6) is 0.372. The van der Waals surface area contributed by atoms with E-state index in [0.717, 1.165) is 5.52 Å². The van der Waals surface area contributed by atoms with Crippen molar-refractivity contribution in [2.75, 3.05) is 7.05 Å². The first-order valence-electron chi connectivity index (χ1n) is 4.96. The molecule has 0 saturated heterocycles. The van der Waals surface area contributed by atoms with Gasteiger partial charge in [-0.3, -0.25) is 4.79 Å². The van der Waals surface area contributed by atoms with Gasteiger partial charge in [-0.1, -0.05) is 6.07 Å². The molecule has 1 aromatic carbocycles. The van der Waals surface area contributed by atoms with Gasteiger partial charge in [0.25, 0.3) is 0 Å². The number of likely N-dealkylation sites (N-methyl/N-ethyl adjacent to an activating group) is 1. The number of hydrogen-bond acceptors (Lipinski definition) is 4. The molecule has 0 bridgehead atoms. The number of rotatable bonds is 2. The average Bonchev–Trinajstić information content (AvgIpc) is 2.65. The second kappa shape index (κ2) is 3.94. The molecule has 2 aromatic rings. The SMILES string of the molecule is CNC(=O)C(N)c1ccc2nc(C)oc2c1. The lowest BCUT2D eigenvalue weighted by Gasteiger charge is -2.09. The first-order valence-corrected chi connectivity index (χ1v) is 4.96. The minimum Gasteiger partial charge on any atom is -0.441 e. The van der Waals surface area contributed by atoms with Crippen LogP contribution in [0.5, 0.6) is 0 Å². The molecule has 0 aliphatic rings. The monoisotopic (exact) mass is 219 g/mol. The fraction of sp³-hybridized carbons (Fsp3) is 0.273.